The number of nitrogens with one attached hydrogen (secondary N) is 1. The summed E-state index contributed by atoms with van der Waals surface area (Å²) < 4.78 is 21.1. The second-order valence-corrected chi connectivity index (χ2v) is 15.2. The molecule has 0 aliphatic heterocycles. The summed E-state index contributed by atoms with van der Waals surface area (Å²) in [6, 6.07) is 7.39. The van der Waals surface area contributed by atoms with Crippen molar-refractivity contribution in [3.05, 3.63) is 58.6 Å². The van der Waals surface area contributed by atoms with E-state index in [1.807, 2.05) is 6.92 Å². The summed E-state index contributed by atoms with van der Waals surface area (Å²) in [5.74, 6) is -0.166. The Hall–Kier alpha value is -2.62. The number of anilines is 1. The quantitative estimate of drug-likeness (QED) is 0.307. The molecule has 0 aliphatic rings. The number of ether oxygens (including phenoxy) is 1. The summed E-state index contributed by atoms with van der Waals surface area (Å²) in [5.41, 5.74) is 3.13. The van der Waals surface area contributed by atoms with Crippen LogP contribution >= 0.6 is 11.6 Å². The number of hydrogen-bond acceptors (Lipinski definition) is 5. The largest absolute Gasteiger partial charge is 0.359 e. The van der Waals surface area contributed by atoms with Crippen molar-refractivity contribution in [3.8, 4) is 11.3 Å². The van der Waals surface area contributed by atoms with Gasteiger partial charge in [0.15, 0.2) is 0 Å². The fourth-order valence-corrected chi connectivity index (χ4v) is 3.96. The number of halogens is 2. The van der Waals surface area contributed by atoms with E-state index in [1.165, 1.54) is 12.1 Å². The van der Waals surface area contributed by atoms with Gasteiger partial charge < -0.3 is 10.1 Å². The summed E-state index contributed by atoms with van der Waals surface area (Å²) in [5, 5.41) is 15.4. The minimum absolute atomic E-state index is 0.0645. The van der Waals surface area contributed by atoms with Crippen LogP contribution in [0.15, 0.2) is 36.7 Å². The summed E-state index contributed by atoms with van der Waals surface area (Å²) in [7, 11) is -1.22. The van der Waals surface area contributed by atoms with Gasteiger partial charge in [0.05, 0.1) is 23.1 Å². The highest BCUT2D eigenvalue weighted by Crippen LogP contribution is 2.24. The SMILES string of the molecule is Cc1cnncc1-c1cc(NC(=O)CCc2ccc(Cl)c(F)c2)n(COCC[Si](C)(C)C)n1. The molecule has 7 nitrogen and oxygen atoms in total. The van der Waals surface area contributed by atoms with Crippen LogP contribution in [-0.4, -0.2) is 40.6 Å². The van der Waals surface area contributed by atoms with Crippen molar-refractivity contribution in [1.82, 2.24) is 20.0 Å². The molecule has 0 saturated carbocycles. The molecular formula is C23H29ClFN5O2Si. The minimum atomic E-state index is -1.22. The number of carbonyl (C=O) groups excluding carboxylic acids is 1. The van der Waals surface area contributed by atoms with Crippen LogP contribution in [0.5, 0.6) is 0 Å². The molecule has 0 unspecified atom stereocenters. The zero-order chi connectivity index (χ0) is 24.0. The first-order valence-corrected chi connectivity index (χ1v) is 14.9. The smallest absolute Gasteiger partial charge is 0.225 e. The van der Waals surface area contributed by atoms with Crippen LogP contribution in [0, 0.1) is 12.7 Å². The van der Waals surface area contributed by atoms with Crippen LogP contribution in [0.4, 0.5) is 10.2 Å². The van der Waals surface area contributed by atoms with Gasteiger partial charge in [0.1, 0.15) is 18.4 Å². The van der Waals surface area contributed by atoms with E-state index in [-0.39, 0.29) is 24.1 Å². The minimum Gasteiger partial charge on any atom is -0.359 e. The molecule has 0 saturated heterocycles. The van der Waals surface area contributed by atoms with E-state index in [0.717, 1.165) is 17.2 Å². The highest BCUT2D eigenvalue weighted by atomic mass is 35.5. The van der Waals surface area contributed by atoms with Crippen molar-refractivity contribution in [2.45, 2.75) is 52.2 Å². The van der Waals surface area contributed by atoms with E-state index in [9.17, 15) is 9.18 Å². The lowest BCUT2D eigenvalue weighted by Gasteiger charge is -2.16. The lowest BCUT2D eigenvalue weighted by Crippen LogP contribution is -2.22. The van der Waals surface area contributed by atoms with Gasteiger partial charge in [0.25, 0.3) is 0 Å². The number of carbonyl (C=O) groups is 1. The highest BCUT2D eigenvalue weighted by molar-refractivity contribution is 6.76. The summed E-state index contributed by atoms with van der Waals surface area (Å²) in [4.78, 5) is 12.6. The Labute approximate surface area is 199 Å². The third kappa shape index (κ3) is 7.45. The first kappa shape index (κ1) is 25.0. The van der Waals surface area contributed by atoms with Crippen molar-refractivity contribution in [2.75, 3.05) is 11.9 Å². The second kappa shape index (κ2) is 11.0. The molecule has 0 bridgehead atoms. The molecule has 0 radical (unpaired) electrons. The Morgan fingerprint density at radius 1 is 1.21 bits per heavy atom. The zero-order valence-electron chi connectivity index (χ0n) is 19.4. The molecular weight excluding hydrogens is 461 g/mol. The van der Waals surface area contributed by atoms with Crippen molar-refractivity contribution < 1.29 is 13.9 Å². The number of aryl methyl sites for hydroxylation is 2. The topological polar surface area (TPSA) is 81.9 Å². The third-order valence-corrected chi connectivity index (χ3v) is 7.10. The van der Waals surface area contributed by atoms with Gasteiger partial charge in [-0.3, -0.25) is 4.79 Å². The molecule has 33 heavy (non-hydrogen) atoms. The second-order valence-electron chi connectivity index (χ2n) is 9.14. The van der Waals surface area contributed by atoms with Gasteiger partial charge in [-0.1, -0.05) is 37.3 Å². The maximum absolute atomic E-state index is 13.7. The van der Waals surface area contributed by atoms with Crippen LogP contribution in [0.25, 0.3) is 11.3 Å². The van der Waals surface area contributed by atoms with Gasteiger partial charge in [0, 0.05) is 32.7 Å². The third-order valence-electron chi connectivity index (χ3n) is 5.09. The molecule has 2 aromatic heterocycles. The first-order chi connectivity index (χ1) is 15.6. The molecule has 3 rings (SSSR count). The number of amides is 1. The number of nitrogens with zero attached hydrogens (tertiary/aromatic N) is 4. The highest BCUT2D eigenvalue weighted by Gasteiger charge is 2.16. The van der Waals surface area contributed by atoms with Gasteiger partial charge in [0.2, 0.25) is 5.91 Å². The Balaban J connectivity index is 1.71. The van der Waals surface area contributed by atoms with E-state index >= 15 is 0 Å². The van der Waals surface area contributed by atoms with Crippen LogP contribution in [0.1, 0.15) is 17.5 Å². The average Bonchev–Trinajstić information content (AvgIpc) is 3.14. The van der Waals surface area contributed by atoms with Crippen molar-refractivity contribution in [1.29, 1.82) is 0 Å². The van der Waals surface area contributed by atoms with Gasteiger partial charge >= 0.3 is 0 Å². The standard InChI is InChI=1S/C23H29ClFN5O2Si/c1-16-13-26-27-14-18(16)21-12-22(30(29-21)15-32-9-10-33(2,3)4)28-23(31)8-6-17-5-7-19(24)20(25)11-17/h5,7,11-14H,6,8-10,15H2,1-4H3,(H,28,31). The number of hydrogen-bond donors (Lipinski definition) is 1. The molecule has 1 amide bonds. The number of benzene rings is 1. The van der Waals surface area contributed by atoms with Gasteiger partial charge in [-0.25, -0.2) is 9.07 Å². The lowest BCUT2D eigenvalue weighted by atomic mass is 10.1. The molecule has 1 aromatic carbocycles. The van der Waals surface area contributed by atoms with Gasteiger partial charge in [-0.2, -0.15) is 15.3 Å². The molecule has 0 atom stereocenters. The summed E-state index contributed by atoms with van der Waals surface area (Å²) >= 11 is 5.73. The molecule has 1 N–H and O–H groups in total. The Kier molecular flexibility index (Phi) is 8.33. The maximum atomic E-state index is 13.7. The monoisotopic (exact) mass is 489 g/mol. The molecule has 176 valence electrons. The predicted molar refractivity (Wildman–Crippen MR) is 130 cm³/mol. The maximum Gasteiger partial charge on any atom is 0.225 e. The number of aromatic nitrogens is 4. The fourth-order valence-electron chi connectivity index (χ4n) is 3.09. The summed E-state index contributed by atoms with van der Waals surface area (Å²) in [6.45, 7) is 9.66. The predicted octanol–water partition coefficient (Wildman–Crippen LogP) is 5.32. The van der Waals surface area contributed by atoms with Crippen LogP contribution in [0.2, 0.25) is 30.7 Å². The van der Waals surface area contributed by atoms with Gasteiger partial charge in [-0.05, 0) is 42.6 Å². The first-order valence-electron chi connectivity index (χ1n) is 10.8. The van der Waals surface area contributed by atoms with Gasteiger partial charge in [-0.15, -0.1) is 0 Å². The summed E-state index contributed by atoms with van der Waals surface area (Å²) in [6.07, 6.45) is 3.89. The zero-order valence-corrected chi connectivity index (χ0v) is 21.1. The molecule has 10 heteroatoms. The van der Waals surface area contributed by atoms with Crippen LogP contribution in [0.3, 0.4) is 0 Å². The molecule has 3 aromatic rings. The lowest BCUT2D eigenvalue weighted by molar-refractivity contribution is -0.116. The molecule has 0 aliphatic carbocycles. The Morgan fingerprint density at radius 2 is 1.97 bits per heavy atom. The van der Waals surface area contributed by atoms with Crippen molar-refractivity contribution in [3.63, 3.8) is 0 Å². The Bertz CT molecular complexity index is 1120. The Morgan fingerprint density at radius 3 is 2.67 bits per heavy atom. The number of rotatable bonds is 10. The fraction of sp³-hybridized carbons (Fsp3) is 0.391. The van der Waals surface area contributed by atoms with Crippen molar-refractivity contribution >= 4 is 31.4 Å². The molecule has 0 spiro atoms. The van der Waals surface area contributed by atoms with Crippen LogP contribution < -0.4 is 5.32 Å². The van der Waals surface area contributed by atoms with E-state index in [1.54, 1.807) is 29.2 Å². The molecule has 0 fully saturated rings. The van der Waals surface area contributed by atoms with Crippen LogP contribution in [-0.2, 0) is 22.7 Å². The molecule has 2 heterocycles. The van der Waals surface area contributed by atoms with E-state index in [2.05, 4.69) is 40.3 Å². The van der Waals surface area contributed by atoms with E-state index in [0.29, 0.717) is 30.1 Å². The van der Waals surface area contributed by atoms with E-state index < -0.39 is 13.9 Å². The van der Waals surface area contributed by atoms with Crippen molar-refractivity contribution in [2.24, 2.45) is 0 Å². The normalized spacial score (nSPS) is 11.6. The average molecular weight is 490 g/mol. The van der Waals surface area contributed by atoms with E-state index in [4.69, 9.17) is 16.3 Å².